The van der Waals surface area contributed by atoms with E-state index in [4.69, 9.17) is 5.73 Å². The highest BCUT2D eigenvalue weighted by molar-refractivity contribution is 7.09. The van der Waals surface area contributed by atoms with Gasteiger partial charge in [-0.2, -0.15) is 0 Å². The molecule has 1 aromatic rings. The van der Waals surface area contributed by atoms with Gasteiger partial charge in [0.2, 0.25) is 5.91 Å². The van der Waals surface area contributed by atoms with Crippen molar-refractivity contribution >= 4 is 35.6 Å². The number of amides is 2. The summed E-state index contributed by atoms with van der Waals surface area (Å²) in [4.78, 5) is 27.9. The predicted octanol–water partition coefficient (Wildman–Crippen LogP) is 0.465. The maximum Gasteiger partial charge on any atom is 0.271 e. The molecule has 1 fully saturated rings. The third kappa shape index (κ3) is 4.43. The van der Waals surface area contributed by atoms with Crippen LogP contribution < -0.4 is 16.4 Å². The van der Waals surface area contributed by atoms with Crippen molar-refractivity contribution in [2.45, 2.75) is 31.7 Å². The van der Waals surface area contributed by atoms with E-state index in [0.29, 0.717) is 31.6 Å². The van der Waals surface area contributed by atoms with E-state index in [2.05, 4.69) is 15.6 Å². The molecule has 1 aliphatic heterocycles. The lowest BCUT2D eigenvalue weighted by atomic mass is 10.1. The summed E-state index contributed by atoms with van der Waals surface area (Å²) in [5, 5.41) is 8.08. The van der Waals surface area contributed by atoms with Crippen molar-refractivity contribution in [1.82, 2.24) is 15.6 Å². The van der Waals surface area contributed by atoms with Crippen LogP contribution in [0, 0.1) is 0 Å². The van der Waals surface area contributed by atoms with Crippen molar-refractivity contribution < 1.29 is 9.59 Å². The Morgan fingerprint density at radius 1 is 1.55 bits per heavy atom. The van der Waals surface area contributed by atoms with E-state index in [0.717, 1.165) is 17.8 Å². The molecule has 2 amide bonds. The zero-order chi connectivity index (χ0) is 13.7. The number of nitrogens with one attached hydrogen (secondary N) is 2. The summed E-state index contributed by atoms with van der Waals surface area (Å²) < 4.78 is 0. The standard InChI is InChI=1S/C12H18N4O2S.ClH/c13-5-4-10-15-9(7-19-10)12(18)16-8-3-1-2-6-14-11(8)17;/h7-8H,1-6,13H2,(H,14,17)(H,16,18);1H. The second-order valence-electron chi connectivity index (χ2n) is 4.48. The quantitative estimate of drug-likeness (QED) is 0.751. The summed E-state index contributed by atoms with van der Waals surface area (Å²) in [6, 6.07) is -0.449. The van der Waals surface area contributed by atoms with Gasteiger partial charge in [0.25, 0.3) is 5.91 Å². The largest absolute Gasteiger partial charge is 0.354 e. The molecule has 8 heteroatoms. The molecule has 1 saturated heterocycles. The number of halogens is 1. The molecule has 1 aliphatic rings. The number of aromatic nitrogens is 1. The number of thiazole rings is 1. The van der Waals surface area contributed by atoms with E-state index in [1.165, 1.54) is 11.3 Å². The van der Waals surface area contributed by atoms with Crippen LogP contribution in [0.1, 0.15) is 34.8 Å². The molecule has 0 spiro atoms. The Balaban J connectivity index is 0.00000200. The average molecular weight is 319 g/mol. The fraction of sp³-hybridized carbons (Fsp3) is 0.583. The summed E-state index contributed by atoms with van der Waals surface area (Å²) in [7, 11) is 0. The second kappa shape index (κ2) is 8.18. The molecular formula is C12H19ClN4O2S. The molecule has 1 atom stereocenters. The van der Waals surface area contributed by atoms with Gasteiger partial charge in [-0.3, -0.25) is 9.59 Å². The Morgan fingerprint density at radius 3 is 3.10 bits per heavy atom. The number of hydrogen-bond donors (Lipinski definition) is 3. The van der Waals surface area contributed by atoms with Gasteiger partial charge in [0.1, 0.15) is 11.7 Å². The van der Waals surface area contributed by atoms with Crippen molar-refractivity contribution in [1.29, 1.82) is 0 Å². The third-order valence-corrected chi connectivity index (χ3v) is 3.89. The fourth-order valence-corrected chi connectivity index (χ4v) is 2.76. The van der Waals surface area contributed by atoms with Crippen LogP contribution in [0.5, 0.6) is 0 Å². The number of nitrogens with zero attached hydrogens (tertiary/aromatic N) is 1. The molecule has 20 heavy (non-hydrogen) atoms. The van der Waals surface area contributed by atoms with Crippen LogP contribution in [0.25, 0.3) is 0 Å². The summed E-state index contributed by atoms with van der Waals surface area (Å²) in [5.74, 6) is -0.398. The number of carbonyl (C=O) groups is 2. The summed E-state index contributed by atoms with van der Waals surface area (Å²) >= 11 is 1.42. The fourth-order valence-electron chi connectivity index (χ4n) is 1.96. The van der Waals surface area contributed by atoms with Gasteiger partial charge in [0.15, 0.2) is 0 Å². The zero-order valence-corrected chi connectivity index (χ0v) is 12.7. The molecule has 0 aliphatic carbocycles. The lowest BCUT2D eigenvalue weighted by Crippen LogP contribution is -2.45. The highest BCUT2D eigenvalue weighted by atomic mass is 35.5. The predicted molar refractivity (Wildman–Crippen MR) is 80.2 cm³/mol. The molecule has 2 rings (SSSR count). The monoisotopic (exact) mass is 318 g/mol. The van der Waals surface area contributed by atoms with Crippen LogP contribution in [0.3, 0.4) is 0 Å². The van der Waals surface area contributed by atoms with Gasteiger partial charge in [0.05, 0.1) is 5.01 Å². The molecule has 0 radical (unpaired) electrons. The van der Waals surface area contributed by atoms with Crippen molar-refractivity contribution in [3.05, 3.63) is 16.1 Å². The van der Waals surface area contributed by atoms with Gasteiger partial charge < -0.3 is 16.4 Å². The second-order valence-corrected chi connectivity index (χ2v) is 5.42. The normalized spacial score (nSPS) is 18.6. The molecule has 2 heterocycles. The van der Waals surface area contributed by atoms with Crippen LogP contribution in [0.15, 0.2) is 5.38 Å². The molecule has 0 aromatic carbocycles. The van der Waals surface area contributed by atoms with Gasteiger partial charge in [-0.25, -0.2) is 4.98 Å². The first-order chi connectivity index (χ1) is 9.20. The third-order valence-electron chi connectivity index (χ3n) is 2.98. The Morgan fingerprint density at radius 2 is 2.35 bits per heavy atom. The minimum absolute atomic E-state index is 0. The summed E-state index contributed by atoms with van der Waals surface area (Å²) in [6.45, 7) is 1.20. The number of hydrogen-bond acceptors (Lipinski definition) is 5. The summed E-state index contributed by atoms with van der Waals surface area (Å²) in [5.41, 5.74) is 5.81. The maximum atomic E-state index is 12.0. The minimum atomic E-state index is -0.449. The van der Waals surface area contributed by atoms with Gasteiger partial charge in [-0.15, -0.1) is 23.7 Å². The van der Waals surface area contributed by atoms with Gasteiger partial charge in [0, 0.05) is 18.3 Å². The van der Waals surface area contributed by atoms with Crippen LogP contribution in [0.4, 0.5) is 0 Å². The van der Waals surface area contributed by atoms with Crippen LogP contribution in [-0.2, 0) is 11.2 Å². The average Bonchev–Trinajstić information content (AvgIpc) is 2.77. The topological polar surface area (TPSA) is 97.1 Å². The van der Waals surface area contributed by atoms with Crippen molar-refractivity contribution in [2.24, 2.45) is 5.73 Å². The van der Waals surface area contributed by atoms with Crippen LogP contribution >= 0.6 is 23.7 Å². The SMILES string of the molecule is Cl.NCCc1nc(C(=O)NC2CCCCNC2=O)cs1. The highest BCUT2D eigenvalue weighted by Gasteiger charge is 2.23. The number of rotatable bonds is 4. The Kier molecular flexibility index (Phi) is 6.90. The van der Waals surface area contributed by atoms with Crippen molar-refractivity contribution in [2.75, 3.05) is 13.1 Å². The lowest BCUT2D eigenvalue weighted by molar-refractivity contribution is -0.122. The van der Waals surface area contributed by atoms with E-state index in [1.54, 1.807) is 5.38 Å². The molecule has 1 aromatic heterocycles. The first-order valence-corrected chi connectivity index (χ1v) is 7.31. The number of carbonyl (C=O) groups excluding carboxylic acids is 2. The van der Waals surface area contributed by atoms with E-state index in [9.17, 15) is 9.59 Å². The zero-order valence-electron chi connectivity index (χ0n) is 11.1. The van der Waals surface area contributed by atoms with E-state index >= 15 is 0 Å². The van der Waals surface area contributed by atoms with E-state index in [-0.39, 0.29) is 24.2 Å². The number of nitrogens with two attached hydrogens (primary N) is 1. The first-order valence-electron chi connectivity index (χ1n) is 6.43. The van der Waals surface area contributed by atoms with Gasteiger partial charge in [-0.05, 0) is 25.8 Å². The molecule has 0 bridgehead atoms. The maximum absolute atomic E-state index is 12.0. The molecule has 6 nitrogen and oxygen atoms in total. The lowest BCUT2D eigenvalue weighted by Gasteiger charge is -2.14. The Bertz CT molecular complexity index is 466. The highest BCUT2D eigenvalue weighted by Crippen LogP contribution is 2.11. The van der Waals surface area contributed by atoms with Gasteiger partial charge in [-0.1, -0.05) is 0 Å². The van der Waals surface area contributed by atoms with Crippen LogP contribution in [-0.4, -0.2) is 35.9 Å². The summed E-state index contributed by atoms with van der Waals surface area (Å²) in [6.07, 6.45) is 3.23. The molecule has 1 unspecified atom stereocenters. The molecule has 4 N–H and O–H groups in total. The minimum Gasteiger partial charge on any atom is -0.354 e. The van der Waals surface area contributed by atoms with E-state index < -0.39 is 6.04 Å². The van der Waals surface area contributed by atoms with Gasteiger partial charge >= 0.3 is 0 Å². The van der Waals surface area contributed by atoms with E-state index in [1.807, 2.05) is 0 Å². The van der Waals surface area contributed by atoms with Crippen molar-refractivity contribution in [3.63, 3.8) is 0 Å². The molecule has 0 saturated carbocycles. The molecular weight excluding hydrogens is 300 g/mol. The van der Waals surface area contributed by atoms with Crippen molar-refractivity contribution in [3.8, 4) is 0 Å². The molecule has 112 valence electrons. The smallest absolute Gasteiger partial charge is 0.271 e. The Hall–Kier alpha value is -1.18. The Labute approximate surface area is 127 Å². The first kappa shape index (κ1) is 16.9. The van der Waals surface area contributed by atoms with Crippen LogP contribution in [0.2, 0.25) is 0 Å².